The highest BCUT2D eigenvalue weighted by Crippen LogP contribution is 2.45. The van der Waals surface area contributed by atoms with Gasteiger partial charge in [-0.1, -0.05) is 194 Å². The molecule has 0 N–H and O–H groups in total. The lowest BCUT2D eigenvalue weighted by molar-refractivity contribution is 0.381. The van der Waals surface area contributed by atoms with E-state index in [1.165, 1.54) is 12.1 Å². The average Bonchev–Trinajstić information content (AvgIpc) is 1.61. The maximum atomic E-state index is 16.9. The Morgan fingerprint density at radius 1 is 0.258 bits per heavy atom. The molecule has 16 aromatic rings. The van der Waals surface area contributed by atoms with Gasteiger partial charge in [-0.2, -0.15) is 5.26 Å². The Bertz CT molecular complexity index is 5020. The minimum atomic E-state index is -2.30. The molecule has 0 amide bonds. The number of benzene rings is 10. The van der Waals surface area contributed by atoms with Crippen molar-refractivity contribution in [3.05, 3.63) is 314 Å². The van der Waals surface area contributed by atoms with Gasteiger partial charge in [0, 0.05) is 90.8 Å². The molecule has 0 aliphatic rings. The van der Waals surface area contributed by atoms with E-state index in [0.29, 0.717) is 22.1 Å². The van der Waals surface area contributed by atoms with E-state index in [0.717, 1.165) is 111 Å². The highest BCUT2D eigenvalue weighted by atomic mass is 19.2. The molecule has 12 heteroatoms. The minimum absolute atomic E-state index is 0.0114. The largest absolute Gasteiger partial charge is 0.308 e. The molecule has 0 atom stereocenters. The Morgan fingerprint density at radius 2 is 0.516 bits per heavy atom. The zero-order chi connectivity index (χ0) is 62.8. The van der Waals surface area contributed by atoms with E-state index in [1.54, 1.807) is 24.8 Å². The van der Waals surface area contributed by atoms with Gasteiger partial charge in [-0.25, -0.2) is 22.0 Å². The molecular formula is C81H46F5N7. The van der Waals surface area contributed by atoms with E-state index in [1.807, 2.05) is 252 Å². The molecule has 0 spiro atoms. The summed E-state index contributed by atoms with van der Waals surface area (Å²) < 4.78 is 84.6. The summed E-state index contributed by atoms with van der Waals surface area (Å²) in [7, 11) is 0. The summed E-state index contributed by atoms with van der Waals surface area (Å²) in [5.74, 6) is -10.6. The number of hydrogen-bond acceptors (Lipinski definition) is 5. The van der Waals surface area contributed by atoms with E-state index >= 15 is 22.0 Å². The van der Waals surface area contributed by atoms with Crippen LogP contribution in [-0.4, -0.2) is 29.1 Å². The van der Waals surface area contributed by atoms with E-state index < -0.39 is 34.6 Å². The fourth-order valence-corrected chi connectivity index (χ4v) is 12.7. The Hall–Kier alpha value is -12.5. The van der Waals surface area contributed by atoms with Crippen molar-refractivity contribution < 1.29 is 22.0 Å². The standard InChI is InChI=1S/C81H46F5N7/c82-77-76(78(83)80(85)81(86)79(77)84)60-41-74(92-70-37-52(56-25-33-66(88-44-56)48-13-5-1-6-14-48)21-29-61(70)62-30-22-53(38-71(62)92)57-26-34-67(89-45-57)49-15-7-2-8-16-49)65(43-87)75(42-60)93-72-39-54(58-27-35-68(90-46-58)50-17-9-3-10-18-50)23-31-63(72)64-32-24-55(40-73(64)93)59-28-36-69(91-47-59)51-19-11-4-12-20-51/h1-42,44-47H. The fourth-order valence-electron chi connectivity index (χ4n) is 12.7. The second-order valence-corrected chi connectivity index (χ2v) is 22.7. The van der Waals surface area contributed by atoms with Gasteiger partial charge in [0.1, 0.15) is 11.6 Å². The fraction of sp³-hybridized carbons (Fsp3) is 0. The van der Waals surface area contributed by atoms with Crippen LogP contribution in [0.1, 0.15) is 5.56 Å². The van der Waals surface area contributed by atoms with E-state index in [4.69, 9.17) is 19.9 Å². The van der Waals surface area contributed by atoms with Crippen molar-refractivity contribution in [1.82, 2.24) is 29.1 Å². The third-order valence-corrected chi connectivity index (χ3v) is 17.4. The number of halogens is 5. The van der Waals surface area contributed by atoms with Crippen LogP contribution in [0.3, 0.4) is 0 Å². The normalized spacial score (nSPS) is 11.5. The molecule has 7 nitrogen and oxygen atoms in total. The average molecular weight is 1210 g/mol. The van der Waals surface area contributed by atoms with Crippen molar-refractivity contribution in [3.63, 3.8) is 0 Å². The predicted molar refractivity (Wildman–Crippen MR) is 360 cm³/mol. The molecule has 0 saturated heterocycles. The highest BCUT2D eigenvalue weighted by Gasteiger charge is 2.30. The molecule has 16 rings (SSSR count). The smallest absolute Gasteiger partial charge is 0.200 e. The number of aromatic nitrogens is 6. The van der Waals surface area contributed by atoms with Crippen LogP contribution in [0.4, 0.5) is 22.0 Å². The number of fused-ring (bicyclic) bond motifs is 6. The third kappa shape index (κ3) is 9.74. The number of nitrogens with zero attached hydrogens (tertiary/aromatic N) is 7. The lowest BCUT2D eigenvalue weighted by atomic mass is 9.98. The first-order valence-corrected chi connectivity index (χ1v) is 30.0. The number of rotatable bonds is 11. The van der Waals surface area contributed by atoms with Crippen molar-refractivity contribution in [2.24, 2.45) is 0 Å². The van der Waals surface area contributed by atoms with Crippen LogP contribution in [-0.2, 0) is 0 Å². The maximum Gasteiger partial charge on any atom is 0.200 e. The van der Waals surface area contributed by atoms with Crippen LogP contribution in [0, 0.1) is 40.4 Å². The lowest BCUT2D eigenvalue weighted by Gasteiger charge is -2.20. The predicted octanol–water partition coefficient (Wildman–Crippen LogP) is 21.0. The Morgan fingerprint density at radius 3 is 0.763 bits per heavy atom. The molecule has 440 valence electrons. The van der Waals surface area contributed by atoms with Gasteiger partial charge in [-0.05, 0) is 88.5 Å². The Labute approximate surface area is 529 Å². The lowest BCUT2D eigenvalue weighted by Crippen LogP contribution is -2.08. The van der Waals surface area contributed by atoms with Gasteiger partial charge < -0.3 is 9.13 Å². The van der Waals surface area contributed by atoms with Crippen molar-refractivity contribution in [1.29, 1.82) is 5.26 Å². The third-order valence-electron chi connectivity index (χ3n) is 17.4. The van der Waals surface area contributed by atoms with Crippen LogP contribution >= 0.6 is 0 Å². The van der Waals surface area contributed by atoms with Gasteiger partial charge >= 0.3 is 0 Å². The molecule has 0 saturated carbocycles. The molecule has 6 heterocycles. The highest BCUT2D eigenvalue weighted by molar-refractivity contribution is 6.13. The molecule has 0 bridgehead atoms. The summed E-state index contributed by atoms with van der Waals surface area (Å²) in [6.07, 6.45) is 7.15. The summed E-state index contributed by atoms with van der Waals surface area (Å²) in [4.78, 5) is 19.4. The van der Waals surface area contributed by atoms with Crippen molar-refractivity contribution in [3.8, 4) is 118 Å². The molecule has 0 unspecified atom stereocenters. The molecule has 0 fully saturated rings. The molecule has 6 aromatic heterocycles. The molecule has 0 aliphatic heterocycles. The first-order valence-electron chi connectivity index (χ1n) is 30.0. The minimum Gasteiger partial charge on any atom is -0.308 e. The molecule has 0 aliphatic carbocycles. The first kappa shape index (κ1) is 55.8. The molecule has 10 aromatic carbocycles. The van der Waals surface area contributed by atoms with Gasteiger partial charge in [-0.15, -0.1) is 0 Å². The SMILES string of the molecule is N#Cc1c(-n2c3cc(-c4ccc(-c5ccccc5)nc4)ccc3c3ccc(-c4ccc(-c5ccccc5)nc4)cc32)cc(-c2c(F)c(F)c(F)c(F)c2F)cc1-n1c2cc(-c3ccc(-c4ccccc4)nc3)ccc2c2ccc(-c3ccc(-c4ccccc4)nc3)cc21. The quantitative estimate of drug-likeness (QED) is 0.0732. The Kier molecular flexibility index (Phi) is 13.7. The summed E-state index contributed by atoms with van der Waals surface area (Å²) in [6, 6.07) is 83.8. The van der Waals surface area contributed by atoms with Gasteiger partial charge in [-0.3, -0.25) is 19.9 Å². The van der Waals surface area contributed by atoms with Crippen LogP contribution < -0.4 is 0 Å². The number of hydrogen-bond donors (Lipinski definition) is 0. The molecule has 93 heavy (non-hydrogen) atoms. The zero-order valence-electron chi connectivity index (χ0n) is 49.1. The van der Waals surface area contributed by atoms with Crippen molar-refractivity contribution in [2.75, 3.05) is 0 Å². The van der Waals surface area contributed by atoms with Gasteiger partial charge in [0.25, 0.3) is 0 Å². The monoisotopic (exact) mass is 1210 g/mol. The van der Waals surface area contributed by atoms with E-state index in [9.17, 15) is 5.26 Å². The van der Waals surface area contributed by atoms with Gasteiger partial charge in [0.2, 0.25) is 5.82 Å². The van der Waals surface area contributed by atoms with Gasteiger partial charge in [0.05, 0.1) is 61.8 Å². The maximum absolute atomic E-state index is 16.9. The van der Waals surface area contributed by atoms with Gasteiger partial charge in [0.15, 0.2) is 23.3 Å². The van der Waals surface area contributed by atoms with Crippen LogP contribution in [0.2, 0.25) is 0 Å². The second kappa shape index (κ2) is 22.8. The Balaban J connectivity index is 0.985. The van der Waals surface area contributed by atoms with Crippen LogP contribution in [0.5, 0.6) is 0 Å². The second-order valence-electron chi connectivity index (χ2n) is 22.7. The van der Waals surface area contributed by atoms with E-state index in [2.05, 4.69) is 6.07 Å². The van der Waals surface area contributed by atoms with E-state index in [-0.39, 0.29) is 22.5 Å². The topological polar surface area (TPSA) is 85.2 Å². The number of pyridine rings is 4. The molecule has 0 radical (unpaired) electrons. The summed E-state index contributed by atoms with van der Waals surface area (Å²) in [5.41, 5.74) is 13.7. The van der Waals surface area contributed by atoms with Crippen LogP contribution in [0.25, 0.3) is 156 Å². The number of nitriles is 1. The molecular weight excluding hydrogens is 1170 g/mol. The zero-order valence-corrected chi connectivity index (χ0v) is 49.1. The summed E-state index contributed by atoms with van der Waals surface area (Å²) in [5, 5.41) is 15.1. The van der Waals surface area contributed by atoms with Crippen LogP contribution in [0.15, 0.2) is 280 Å². The summed E-state index contributed by atoms with van der Waals surface area (Å²) >= 11 is 0. The van der Waals surface area contributed by atoms with Crippen molar-refractivity contribution in [2.45, 2.75) is 0 Å². The first-order chi connectivity index (χ1) is 45.6. The van der Waals surface area contributed by atoms with Crippen molar-refractivity contribution >= 4 is 43.6 Å². The summed E-state index contributed by atoms with van der Waals surface area (Å²) in [6.45, 7) is 0.